The summed E-state index contributed by atoms with van der Waals surface area (Å²) in [6, 6.07) is 10.9. The fraction of sp³-hybridized carbons (Fsp3) is 0.353. The van der Waals surface area contributed by atoms with Gasteiger partial charge in [0.2, 0.25) is 11.7 Å². The summed E-state index contributed by atoms with van der Waals surface area (Å²) >= 11 is 0. The zero-order valence-corrected chi connectivity index (χ0v) is 13.0. The first-order chi connectivity index (χ1) is 11.1. The molecule has 1 N–H and O–H groups in total. The van der Waals surface area contributed by atoms with E-state index in [0.717, 1.165) is 18.5 Å². The standard InChI is InChI=1S/C17H19N3O3/c1-12-10-15(23-19-12)17(22)18-14(13-6-3-2-4-7-13)11-20-9-5-8-16(20)21/h2-4,6-7,10,14H,5,8-9,11H2,1H3,(H,18,22). The summed E-state index contributed by atoms with van der Waals surface area (Å²) in [5.74, 6) is -0.0158. The average molecular weight is 313 g/mol. The van der Waals surface area contributed by atoms with Gasteiger partial charge in [0.15, 0.2) is 0 Å². The lowest BCUT2D eigenvalue weighted by Crippen LogP contribution is -2.38. The lowest BCUT2D eigenvalue weighted by molar-refractivity contribution is -0.128. The number of carbonyl (C=O) groups is 2. The highest BCUT2D eigenvalue weighted by Crippen LogP contribution is 2.19. The Hall–Kier alpha value is -2.63. The number of hydrogen-bond donors (Lipinski definition) is 1. The molecule has 1 aliphatic heterocycles. The van der Waals surface area contributed by atoms with Gasteiger partial charge in [-0.3, -0.25) is 9.59 Å². The Bertz CT molecular complexity index is 696. The van der Waals surface area contributed by atoms with Crippen molar-refractivity contribution in [3.63, 3.8) is 0 Å². The van der Waals surface area contributed by atoms with E-state index in [2.05, 4.69) is 10.5 Å². The molecule has 2 aromatic rings. The van der Waals surface area contributed by atoms with E-state index >= 15 is 0 Å². The summed E-state index contributed by atoms with van der Waals surface area (Å²) < 4.78 is 5.01. The number of aryl methyl sites for hydroxylation is 1. The van der Waals surface area contributed by atoms with Crippen molar-refractivity contribution in [2.75, 3.05) is 13.1 Å². The van der Waals surface area contributed by atoms with Gasteiger partial charge in [-0.2, -0.15) is 0 Å². The zero-order valence-electron chi connectivity index (χ0n) is 13.0. The van der Waals surface area contributed by atoms with Crippen molar-refractivity contribution in [2.24, 2.45) is 0 Å². The van der Waals surface area contributed by atoms with Crippen LogP contribution in [-0.2, 0) is 4.79 Å². The Labute approximate surface area is 134 Å². The predicted octanol–water partition coefficient (Wildman–Crippen LogP) is 2.08. The number of hydrogen-bond acceptors (Lipinski definition) is 4. The molecule has 1 atom stereocenters. The van der Waals surface area contributed by atoms with E-state index in [0.29, 0.717) is 18.7 Å². The molecule has 0 aliphatic carbocycles. The van der Waals surface area contributed by atoms with Crippen LogP contribution in [0.25, 0.3) is 0 Å². The van der Waals surface area contributed by atoms with Gasteiger partial charge in [-0.05, 0) is 18.9 Å². The van der Waals surface area contributed by atoms with Crippen LogP contribution in [0.3, 0.4) is 0 Å². The van der Waals surface area contributed by atoms with Crippen LogP contribution in [0.2, 0.25) is 0 Å². The summed E-state index contributed by atoms with van der Waals surface area (Å²) in [5, 5.41) is 6.68. The van der Waals surface area contributed by atoms with Crippen molar-refractivity contribution < 1.29 is 14.1 Å². The van der Waals surface area contributed by atoms with E-state index in [1.807, 2.05) is 30.3 Å². The Morgan fingerprint density at radius 2 is 2.17 bits per heavy atom. The fourth-order valence-electron chi connectivity index (χ4n) is 2.74. The summed E-state index contributed by atoms with van der Waals surface area (Å²) in [6.45, 7) is 2.96. The van der Waals surface area contributed by atoms with E-state index < -0.39 is 0 Å². The Morgan fingerprint density at radius 1 is 1.39 bits per heavy atom. The highest BCUT2D eigenvalue weighted by Gasteiger charge is 2.26. The molecule has 6 nitrogen and oxygen atoms in total. The molecule has 2 heterocycles. The monoisotopic (exact) mass is 313 g/mol. The Morgan fingerprint density at radius 3 is 2.78 bits per heavy atom. The van der Waals surface area contributed by atoms with Crippen molar-refractivity contribution in [3.05, 3.63) is 53.4 Å². The molecule has 1 aromatic heterocycles. The first-order valence-electron chi connectivity index (χ1n) is 7.70. The maximum atomic E-state index is 12.3. The molecule has 23 heavy (non-hydrogen) atoms. The second-order valence-electron chi connectivity index (χ2n) is 5.71. The van der Waals surface area contributed by atoms with Gasteiger partial charge in [0.05, 0.1) is 11.7 Å². The van der Waals surface area contributed by atoms with Gasteiger partial charge in [-0.25, -0.2) is 0 Å². The Kier molecular flexibility index (Phi) is 4.41. The number of likely N-dealkylation sites (tertiary alicyclic amines) is 1. The van der Waals surface area contributed by atoms with Crippen molar-refractivity contribution in [1.29, 1.82) is 0 Å². The second kappa shape index (κ2) is 6.64. The van der Waals surface area contributed by atoms with E-state index in [9.17, 15) is 9.59 Å². The van der Waals surface area contributed by atoms with Crippen molar-refractivity contribution in [1.82, 2.24) is 15.4 Å². The topological polar surface area (TPSA) is 75.4 Å². The van der Waals surface area contributed by atoms with Crippen LogP contribution in [0, 0.1) is 6.92 Å². The molecule has 0 saturated carbocycles. The van der Waals surface area contributed by atoms with Crippen LogP contribution in [0.15, 0.2) is 40.9 Å². The van der Waals surface area contributed by atoms with Gasteiger partial charge in [0.1, 0.15) is 0 Å². The fourth-order valence-corrected chi connectivity index (χ4v) is 2.74. The van der Waals surface area contributed by atoms with Crippen LogP contribution in [0.1, 0.15) is 40.7 Å². The SMILES string of the molecule is Cc1cc(C(=O)NC(CN2CCCC2=O)c2ccccc2)on1. The number of nitrogens with zero attached hydrogens (tertiary/aromatic N) is 2. The number of benzene rings is 1. The molecule has 2 amide bonds. The third kappa shape index (κ3) is 3.59. The van der Waals surface area contributed by atoms with Crippen LogP contribution < -0.4 is 5.32 Å². The first-order valence-corrected chi connectivity index (χ1v) is 7.70. The quantitative estimate of drug-likeness (QED) is 0.917. The molecule has 1 saturated heterocycles. The lowest BCUT2D eigenvalue weighted by Gasteiger charge is -2.24. The molecule has 0 bridgehead atoms. The highest BCUT2D eigenvalue weighted by atomic mass is 16.5. The van der Waals surface area contributed by atoms with Gasteiger partial charge in [0, 0.05) is 25.6 Å². The summed E-state index contributed by atoms with van der Waals surface area (Å²) in [7, 11) is 0. The smallest absolute Gasteiger partial charge is 0.290 e. The maximum absolute atomic E-state index is 12.3. The van der Waals surface area contributed by atoms with Crippen LogP contribution in [0.5, 0.6) is 0 Å². The van der Waals surface area contributed by atoms with Gasteiger partial charge in [-0.15, -0.1) is 0 Å². The molecule has 6 heteroatoms. The summed E-state index contributed by atoms with van der Waals surface area (Å²) in [6.07, 6.45) is 1.45. The third-order valence-corrected chi connectivity index (χ3v) is 3.93. The van der Waals surface area contributed by atoms with E-state index in [-0.39, 0.29) is 23.6 Å². The summed E-state index contributed by atoms with van der Waals surface area (Å²) in [4.78, 5) is 26.0. The molecule has 1 unspecified atom stereocenters. The molecule has 1 aliphatic rings. The average Bonchev–Trinajstić information content (AvgIpc) is 3.16. The van der Waals surface area contributed by atoms with Crippen LogP contribution in [0.4, 0.5) is 0 Å². The van der Waals surface area contributed by atoms with Gasteiger partial charge in [-0.1, -0.05) is 35.5 Å². The number of aromatic nitrogens is 1. The van der Waals surface area contributed by atoms with Gasteiger partial charge < -0.3 is 14.7 Å². The normalized spacial score (nSPS) is 15.7. The molecular weight excluding hydrogens is 294 g/mol. The molecule has 3 rings (SSSR count). The highest BCUT2D eigenvalue weighted by molar-refractivity contribution is 5.91. The molecule has 1 aromatic carbocycles. The molecular formula is C17H19N3O3. The van der Waals surface area contributed by atoms with Crippen molar-refractivity contribution >= 4 is 11.8 Å². The van der Waals surface area contributed by atoms with Gasteiger partial charge in [0.25, 0.3) is 5.91 Å². The molecule has 0 radical (unpaired) electrons. The van der Waals surface area contributed by atoms with Crippen molar-refractivity contribution in [2.45, 2.75) is 25.8 Å². The first kappa shape index (κ1) is 15.3. The summed E-state index contributed by atoms with van der Waals surface area (Å²) in [5.41, 5.74) is 1.61. The van der Waals surface area contributed by atoms with E-state index in [4.69, 9.17) is 4.52 Å². The molecule has 1 fully saturated rings. The lowest BCUT2D eigenvalue weighted by atomic mass is 10.1. The van der Waals surface area contributed by atoms with E-state index in [1.165, 1.54) is 0 Å². The Balaban J connectivity index is 1.77. The minimum Gasteiger partial charge on any atom is -0.351 e. The largest absolute Gasteiger partial charge is 0.351 e. The minimum absolute atomic E-state index is 0.135. The van der Waals surface area contributed by atoms with E-state index in [1.54, 1.807) is 17.9 Å². The second-order valence-corrected chi connectivity index (χ2v) is 5.71. The third-order valence-electron chi connectivity index (χ3n) is 3.93. The van der Waals surface area contributed by atoms with Gasteiger partial charge >= 0.3 is 0 Å². The van der Waals surface area contributed by atoms with Crippen molar-refractivity contribution in [3.8, 4) is 0 Å². The maximum Gasteiger partial charge on any atom is 0.290 e. The predicted molar refractivity (Wildman–Crippen MR) is 83.7 cm³/mol. The number of amides is 2. The number of nitrogens with one attached hydrogen (secondary N) is 1. The minimum atomic E-state index is -0.328. The number of carbonyl (C=O) groups excluding carboxylic acids is 2. The number of rotatable bonds is 5. The van der Waals surface area contributed by atoms with Crippen LogP contribution in [-0.4, -0.2) is 35.0 Å². The zero-order chi connectivity index (χ0) is 16.2. The molecule has 0 spiro atoms. The molecule has 120 valence electrons. The van der Waals surface area contributed by atoms with Crippen LogP contribution >= 0.6 is 0 Å².